The summed E-state index contributed by atoms with van der Waals surface area (Å²) in [7, 11) is 1.34. The molecule has 1 aliphatic heterocycles. The zero-order chi connectivity index (χ0) is 15.9. The van der Waals surface area contributed by atoms with E-state index in [2.05, 4.69) is 5.32 Å². The van der Waals surface area contributed by atoms with Gasteiger partial charge in [0.1, 0.15) is 0 Å². The van der Waals surface area contributed by atoms with E-state index in [1.807, 2.05) is 12.1 Å². The molecule has 6 nitrogen and oxygen atoms in total. The van der Waals surface area contributed by atoms with Gasteiger partial charge in [0.15, 0.2) is 0 Å². The van der Waals surface area contributed by atoms with Crippen LogP contribution in [0.2, 0.25) is 0 Å². The summed E-state index contributed by atoms with van der Waals surface area (Å²) in [4.78, 5) is 24.0. The molecule has 1 fully saturated rings. The minimum Gasteiger partial charge on any atom is -0.469 e. The molecule has 0 radical (unpaired) electrons. The fraction of sp³-hybridized carbons (Fsp3) is 0.500. The maximum absolute atomic E-state index is 12.4. The molecule has 22 heavy (non-hydrogen) atoms. The molecule has 1 saturated heterocycles. The predicted octanol–water partition coefficient (Wildman–Crippen LogP) is 1.42. The molecule has 1 aromatic carbocycles. The molecule has 0 saturated carbocycles. The van der Waals surface area contributed by atoms with Crippen molar-refractivity contribution >= 4 is 17.6 Å². The molecule has 0 aromatic heterocycles. The van der Waals surface area contributed by atoms with Crippen molar-refractivity contribution in [3.8, 4) is 0 Å². The van der Waals surface area contributed by atoms with E-state index in [0.717, 1.165) is 5.56 Å². The fourth-order valence-electron chi connectivity index (χ4n) is 2.48. The summed E-state index contributed by atoms with van der Waals surface area (Å²) >= 11 is 0. The number of methoxy groups -OCH3 is 1. The molecule has 120 valence electrons. The number of ether oxygens (including phenoxy) is 2. The summed E-state index contributed by atoms with van der Waals surface area (Å²) in [6, 6.07) is 6.71. The van der Waals surface area contributed by atoms with Crippen molar-refractivity contribution in [2.45, 2.75) is 25.3 Å². The van der Waals surface area contributed by atoms with Crippen LogP contribution in [0.5, 0.6) is 0 Å². The van der Waals surface area contributed by atoms with Crippen LogP contribution in [0.1, 0.15) is 30.9 Å². The van der Waals surface area contributed by atoms with E-state index in [1.54, 1.807) is 12.1 Å². The van der Waals surface area contributed by atoms with Gasteiger partial charge < -0.3 is 20.5 Å². The Balaban J connectivity index is 2.07. The first kappa shape index (κ1) is 16.3. The monoisotopic (exact) mass is 306 g/mol. The van der Waals surface area contributed by atoms with Crippen LogP contribution < -0.4 is 11.1 Å². The molecule has 6 heteroatoms. The van der Waals surface area contributed by atoms with Crippen LogP contribution in [0.3, 0.4) is 0 Å². The summed E-state index contributed by atoms with van der Waals surface area (Å²) < 4.78 is 9.98. The Hall–Kier alpha value is -2.08. The second kappa shape index (κ2) is 7.79. The molecule has 0 bridgehead atoms. The van der Waals surface area contributed by atoms with Crippen molar-refractivity contribution in [2.75, 3.05) is 26.1 Å². The van der Waals surface area contributed by atoms with Gasteiger partial charge >= 0.3 is 5.97 Å². The van der Waals surface area contributed by atoms with Crippen molar-refractivity contribution < 1.29 is 19.1 Å². The Kier molecular flexibility index (Phi) is 5.77. The number of hydrogen-bond acceptors (Lipinski definition) is 5. The van der Waals surface area contributed by atoms with Gasteiger partial charge in [0.2, 0.25) is 5.91 Å². The Morgan fingerprint density at radius 2 is 1.95 bits per heavy atom. The average Bonchev–Trinajstić information content (AvgIpc) is 2.55. The highest BCUT2D eigenvalue weighted by Gasteiger charge is 2.25. The van der Waals surface area contributed by atoms with Gasteiger partial charge in [-0.3, -0.25) is 9.59 Å². The predicted molar refractivity (Wildman–Crippen MR) is 81.9 cm³/mol. The molecule has 0 aliphatic carbocycles. The Labute approximate surface area is 130 Å². The first-order valence-corrected chi connectivity index (χ1v) is 7.40. The van der Waals surface area contributed by atoms with E-state index in [0.29, 0.717) is 31.7 Å². The lowest BCUT2D eigenvalue weighted by Crippen LogP contribution is -2.37. The Morgan fingerprint density at radius 3 is 2.55 bits per heavy atom. The first-order chi connectivity index (χ1) is 10.6. The highest BCUT2D eigenvalue weighted by Crippen LogP contribution is 2.22. The number of hydrogen-bond donors (Lipinski definition) is 2. The van der Waals surface area contributed by atoms with Crippen LogP contribution in [0.4, 0.5) is 5.69 Å². The van der Waals surface area contributed by atoms with Gasteiger partial charge in [0.05, 0.1) is 19.6 Å². The zero-order valence-electron chi connectivity index (χ0n) is 12.7. The molecule has 1 heterocycles. The number of nitrogens with two attached hydrogens (primary N) is 1. The molecular formula is C16H22N2O4. The first-order valence-electron chi connectivity index (χ1n) is 7.40. The number of nitrogen functional groups attached to an aromatic ring is 1. The normalized spacial score (nSPS) is 16.8. The topological polar surface area (TPSA) is 90.6 Å². The number of carbonyl (C=O) groups excluding carboxylic acids is 2. The largest absolute Gasteiger partial charge is 0.469 e. The number of benzene rings is 1. The van der Waals surface area contributed by atoms with Gasteiger partial charge in [-0.05, 0) is 30.5 Å². The van der Waals surface area contributed by atoms with Gasteiger partial charge in [-0.1, -0.05) is 12.1 Å². The summed E-state index contributed by atoms with van der Waals surface area (Å²) in [5.41, 5.74) is 7.15. The van der Waals surface area contributed by atoms with Gasteiger partial charge in [-0.25, -0.2) is 0 Å². The van der Waals surface area contributed by atoms with Crippen LogP contribution in [0, 0.1) is 5.92 Å². The lowest BCUT2D eigenvalue weighted by Gasteiger charge is -2.25. The van der Waals surface area contributed by atoms with Crippen LogP contribution in [0.25, 0.3) is 0 Å². The number of anilines is 1. The number of nitrogens with one attached hydrogen (secondary N) is 1. The highest BCUT2D eigenvalue weighted by atomic mass is 16.5. The minimum atomic E-state index is -0.414. The molecule has 2 rings (SSSR count). The van der Waals surface area contributed by atoms with Crippen LogP contribution in [-0.2, 0) is 19.1 Å². The fourth-order valence-corrected chi connectivity index (χ4v) is 2.48. The third kappa shape index (κ3) is 4.46. The second-order valence-corrected chi connectivity index (χ2v) is 5.39. The third-order valence-electron chi connectivity index (χ3n) is 3.85. The minimum absolute atomic E-state index is 0.0472. The number of amides is 1. The smallest absolute Gasteiger partial charge is 0.307 e. The summed E-state index contributed by atoms with van der Waals surface area (Å²) in [5.74, 6) is -0.481. The maximum Gasteiger partial charge on any atom is 0.307 e. The van der Waals surface area contributed by atoms with Crippen LogP contribution >= 0.6 is 0 Å². The third-order valence-corrected chi connectivity index (χ3v) is 3.85. The molecule has 0 spiro atoms. The van der Waals surface area contributed by atoms with Gasteiger partial charge in [-0.15, -0.1) is 0 Å². The number of esters is 1. The summed E-state index contributed by atoms with van der Waals surface area (Å²) in [6.45, 7) is 1.20. The zero-order valence-corrected chi connectivity index (χ0v) is 12.7. The van der Waals surface area contributed by atoms with Crippen molar-refractivity contribution in [1.82, 2.24) is 5.32 Å². The van der Waals surface area contributed by atoms with E-state index in [4.69, 9.17) is 15.2 Å². The van der Waals surface area contributed by atoms with Crippen molar-refractivity contribution in [2.24, 2.45) is 5.92 Å². The average molecular weight is 306 g/mol. The maximum atomic E-state index is 12.4. The molecular weight excluding hydrogens is 284 g/mol. The molecule has 1 aromatic rings. The summed E-state index contributed by atoms with van der Waals surface area (Å²) in [5, 5.41) is 2.95. The Morgan fingerprint density at radius 1 is 1.32 bits per heavy atom. The quantitative estimate of drug-likeness (QED) is 0.634. The molecule has 1 aliphatic rings. The lowest BCUT2D eigenvalue weighted by atomic mass is 9.97. The Bertz CT molecular complexity index is 509. The van der Waals surface area contributed by atoms with E-state index in [1.165, 1.54) is 7.11 Å². The van der Waals surface area contributed by atoms with E-state index in [9.17, 15) is 9.59 Å². The van der Waals surface area contributed by atoms with Crippen molar-refractivity contribution in [3.63, 3.8) is 0 Å². The van der Waals surface area contributed by atoms with E-state index >= 15 is 0 Å². The molecule has 1 amide bonds. The van der Waals surface area contributed by atoms with Crippen LogP contribution in [0.15, 0.2) is 24.3 Å². The van der Waals surface area contributed by atoms with Crippen molar-refractivity contribution in [1.29, 1.82) is 0 Å². The number of carbonyl (C=O) groups is 2. The lowest BCUT2D eigenvalue weighted by molar-refractivity contribution is -0.141. The van der Waals surface area contributed by atoms with Gasteiger partial charge in [-0.2, -0.15) is 0 Å². The van der Waals surface area contributed by atoms with E-state index in [-0.39, 0.29) is 24.2 Å². The molecule has 0 unspecified atom stereocenters. The number of rotatable bonds is 5. The molecule has 3 N–H and O–H groups in total. The van der Waals surface area contributed by atoms with Gasteiger partial charge in [0.25, 0.3) is 0 Å². The molecule has 1 atom stereocenters. The van der Waals surface area contributed by atoms with Crippen molar-refractivity contribution in [3.05, 3.63) is 29.8 Å². The SMILES string of the molecule is COC(=O)C[C@@H](NC(=O)C1CCOCC1)c1ccc(N)cc1. The summed E-state index contributed by atoms with van der Waals surface area (Å²) in [6.07, 6.45) is 1.51. The highest BCUT2D eigenvalue weighted by molar-refractivity contribution is 5.80. The van der Waals surface area contributed by atoms with Crippen LogP contribution in [-0.4, -0.2) is 32.2 Å². The second-order valence-electron chi connectivity index (χ2n) is 5.39. The standard InChI is InChI=1S/C16H22N2O4/c1-21-15(19)10-14(11-2-4-13(17)5-3-11)18-16(20)12-6-8-22-9-7-12/h2-5,12,14H,6-10,17H2,1H3,(H,18,20)/t14-/m1/s1. The van der Waals surface area contributed by atoms with E-state index < -0.39 is 6.04 Å². The van der Waals surface area contributed by atoms with Gasteiger partial charge in [0, 0.05) is 24.8 Å².